The first-order chi connectivity index (χ1) is 13.0. The Morgan fingerprint density at radius 1 is 1.19 bits per heavy atom. The molecule has 2 heterocycles. The van der Waals surface area contributed by atoms with Crippen LogP contribution in [0.25, 0.3) is 5.52 Å². The van der Waals surface area contributed by atoms with Crippen LogP contribution in [0.5, 0.6) is 0 Å². The highest BCUT2D eigenvalue weighted by atomic mass is 19.1. The Hall–Kier alpha value is -3.22. The van der Waals surface area contributed by atoms with Crippen LogP contribution in [0.1, 0.15) is 40.9 Å². The lowest BCUT2D eigenvalue weighted by molar-refractivity contribution is 0.0790. The number of hydrogen-bond acceptors (Lipinski definition) is 3. The number of amides is 2. The standard InChI is InChI=1S/C20H21FN4O2/c1-3-4-12-24(2)20(27)17-16-7-5-6-13-25(16)18(23-17)19(26)22-15-10-8-14(21)9-11-15/h5-11,13H,3-4,12H2,1-2H3,(H,22,26). The van der Waals surface area contributed by atoms with Crippen molar-refractivity contribution in [3.63, 3.8) is 0 Å². The summed E-state index contributed by atoms with van der Waals surface area (Å²) in [7, 11) is 1.73. The van der Waals surface area contributed by atoms with E-state index in [0.29, 0.717) is 17.7 Å². The molecule has 3 aromatic rings. The van der Waals surface area contributed by atoms with Gasteiger partial charge in [-0.05, 0) is 42.8 Å². The molecule has 1 aromatic carbocycles. The van der Waals surface area contributed by atoms with Crippen LogP contribution < -0.4 is 5.32 Å². The predicted octanol–water partition coefficient (Wildman–Crippen LogP) is 3.60. The van der Waals surface area contributed by atoms with Gasteiger partial charge in [-0.25, -0.2) is 9.37 Å². The van der Waals surface area contributed by atoms with Gasteiger partial charge in [0.05, 0.1) is 5.52 Å². The van der Waals surface area contributed by atoms with E-state index >= 15 is 0 Å². The Bertz CT molecular complexity index is 966. The van der Waals surface area contributed by atoms with Crippen molar-refractivity contribution in [3.8, 4) is 0 Å². The number of carbonyl (C=O) groups is 2. The van der Waals surface area contributed by atoms with Gasteiger partial charge >= 0.3 is 0 Å². The molecule has 7 heteroatoms. The quantitative estimate of drug-likeness (QED) is 0.723. The van der Waals surface area contributed by atoms with Gasteiger partial charge < -0.3 is 10.2 Å². The third kappa shape index (κ3) is 3.97. The van der Waals surface area contributed by atoms with Crippen molar-refractivity contribution in [2.75, 3.05) is 18.9 Å². The van der Waals surface area contributed by atoms with E-state index in [1.54, 1.807) is 40.7 Å². The first-order valence-electron chi connectivity index (χ1n) is 8.80. The molecule has 140 valence electrons. The van der Waals surface area contributed by atoms with Crippen LogP contribution in [-0.2, 0) is 0 Å². The molecule has 0 fully saturated rings. The molecule has 0 spiro atoms. The molecular weight excluding hydrogens is 347 g/mol. The molecule has 0 bridgehead atoms. The van der Waals surface area contributed by atoms with Crippen LogP contribution in [0.3, 0.4) is 0 Å². The number of fused-ring (bicyclic) bond motifs is 1. The van der Waals surface area contributed by atoms with Crippen molar-refractivity contribution in [1.29, 1.82) is 0 Å². The van der Waals surface area contributed by atoms with Gasteiger partial charge in [-0.1, -0.05) is 19.4 Å². The van der Waals surface area contributed by atoms with Gasteiger partial charge in [0.1, 0.15) is 5.82 Å². The van der Waals surface area contributed by atoms with Crippen molar-refractivity contribution < 1.29 is 14.0 Å². The van der Waals surface area contributed by atoms with E-state index in [9.17, 15) is 14.0 Å². The number of aromatic nitrogens is 2. The molecule has 2 amide bonds. The average Bonchev–Trinajstić information content (AvgIpc) is 3.07. The van der Waals surface area contributed by atoms with Gasteiger partial charge in [0, 0.05) is 25.5 Å². The minimum Gasteiger partial charge on any atom is -0.340 e. The smallest absolute Gasteiger partial charge is 0.292 e. The Balaban J connectivity index is 1.93. The van der Waals surface area contributed by atoms with Gasteiger partial charge in [-0.15, -0.1) is 0 Å². The van der Waals surface area contributed by atoms with Crippen LogP contribution in [0.15, 0.2) is 48.7 Å². The topological polar surface area (TPSA) is 66.7 Å². The van der Waals surface area contributed by atoms with Gasteiger partial charge in [0.2, 0.25) is 5.82 Å². The Labute approximate surface area is 156 Å². The number of anilines is 1. The van der Waals surface area contributed by atoms with E-state index in [2.05, 4.69) is 17.2 Å². The molecule has 27 heavy (non-hydrogen) atoms. The van der Waals surface area contributed by atoms with Crippen LogP contribution in [0, 0.1) is 5.82 Å². The van der Waals surface area contributed by atoms with Crippen molar-refractivity contribution in [2.45, 2.75) is 19.8 Å². The molecule has 0 unspecified atom stereocenters. The number of benzene rings is 1. The molecule has 3 rings (SSSR count). The van der Waals surface area contributed by atoms with Crippen molar-refractivity contribution >= 4 is 23.0 Å². The molecule has 0 atom stereocenters. The monoisotopic (exact) mass is 368 g/mol. The lowest BCUT2D eigenvalue weighted by atomic mass is 10.2. The Kier molecular flexibility index (Phi) is 5.49. The summed E-state index contributed by atoms with van der Waals surface area (Å²) >= 11 is 0. The summed E-state index contributed by atoms with van der Waals surface area (Å²) in [6, 6.07) is 10.8. The largest absolute Gasteiger partial charge is 0.340 e. The molecule has 6 nitrogen and oxygen atoms in total. The van der Waals surface area contributed by atoms with Crippen LogP contribution in [-0.4, -0.2) is 39.7 Å². The molecule has 2 aromatic heterocycles. The Morgan fingerprint density at radius 2 is 1.93 bits per heavy atom. The number of unbranched alkanes of at least 4 members (excludes halogenated alkanes) is 1. The van der Waals surface area contributed by atoms with Crippen LogP contribution >= 0.6 is 0 Å². The summed E-state index contributed by atoms with van der Waals surface area (Å²) in [4.78, 5) is 31.4. The summed E-state index contributed by atoms with van der Waals surface area (Å²) in [6.07, 6.45) is 3.56. The SMILES string of the molecule is CCCCN(C)C(=O)c1nc(C(=O)Nc2ccc(F)cc2)n2ccccc12. The zero-order valence-electron chi connectivity index (χ0n) is 15.3. The lowest BCUT2D eigenvalue weighted by Gasteiger charge is -2.15. The molecule has 0 saturated heterocycles. The van der Waals surface area contributed by atoms with Crippen molar-refractivity contribution in [3.05, 3.63) is 66.0 Å². The lowest BCUT2D eigenvalue weighted by Crippen LogP contribution is -2.28. The molecule has 0 radical (unpaired) electrons. The summed E-state index contributed by atoms with van der Waals surface area (Å²) in [6.45, 7) is 2.68. The fraction of sp³-hybridized carbons (Fsp3) is 0.250. The second-order valence-corrected chi connectivity index (χ2v) is 6.28. The summed E-state index contributed by atoms with van der Waals surface area (Å²) in [5, 5.41) is 2.68. The highest BCUT2D eigenvalue weighted by Gasteiger charge is 2.23. The molecule has 0 aliphatic rings. The minimum absolute atomic E-state index is 0.0992. The maximum atomic E-state index is 13.0. The fourth-order valence-electron chi connectivity index (χ4n) is 2.75. The summed E-state index contributed by atoms with van der Waals surface area (Å²) in [5.41, 5.74) is 1.25. The van der Waals surface area contributed by atoms with Crippen LogP contribution in [0.4, 0.5) is 10.1 Å². The fourth-order valence-corrected chi connectivity index (χ4v) is 2.75. The van der Waals surface area contributed by atoms with E-state index < -0.39 is 5.91 Å². The minimum atomic E-state index is -0.474. The molecule has 0 saturated carbocycles. The van der Waals surface area contributed by atoms with E-state index in [1.165, 1.54) is 24.3 Å². The Morgan fingerprint density at radius 3 is 2.63 bits per heavy atom. The summed E-state index contributed by atoms with van der Waals surface area (Å²) in [5.74, 6) is -0.990. The van der Waals surface area contributed by atoms with Gasteiger partial charge in [0.15, 0.2) is 5.69 Å². The van der Waals surface area contributed by atoms with Crippen LogP contribution in [0.2, 0.25) is 0 Å². The molecule has 0 aliphatic heterocycles. The third-order valence-corrected chi connectivity index (χ3v) is 4.25. The predicted molar refractivity (Wildman–Crippen MR) is 101 cm³/mol. The average molecular weight is 368 g/mol. The maximum absolute atomic E-state index is 13.0. The molecule has 0 aliphatic carbocycles. The number of halogens is 1. The van der Waals surface area contributed by atoms with Gasteiger partial charge in [-0.3, -0.25) is 14.0 Å². The van der Waals surface area contributed by atoms with E-state index in [1.807, 2.05) is 0 Å². The maximum Gasteiger partial charge on any atom is 0.292 e. The number of nitrogens with one attached hydrogen (secondary N) is 1. The van der Waals surface area contributed by atoms with E-state index in [-0.39, 0.29) is 23.2 Å². The summed E-state index contributed by atoms with van der Waals surface area (Å²) < 4.78 is 14.6. The second kappa shape index (κ2) is 7.99. The van der Waals surface area contributed by atoms with E-state index in [4.69, 9.17) is 0 Å². The van der Waals surface area contributed by atoms with Gasteiger partial charge in [-0.2, -0.15) is 0 Å². The highest BCUT2D eigenvalue weighted by molar-refractivity contribution is 6.06. The second-order valence-electron chi connectivity index (χ2n) is 6.28. The zero-order valence-corrected chi connectivity index (χ0v) is 15.3. The number of nitrogens with zero attached hydrogens (tertiary/aromatic N) is 3. The molecule has 1 N–H and O–H groups in total. The molecular formula is C20H21FN4O2. The first-order valence-corrected chi connectivity index (χ1v) is 8.80. The number of carbonyl (C=O) groups excluding carboxylic acids is 2. The van der Waals surface area contributed by atoms with Gasteiger partial charge in [0.25, 0.3) is 11.8 Å². The normalized spacial score (nSPS) is 10.8. The van der Waals surface area contributed by atoms with E-state index in [0.717, 1.165) is 12.8 Å². The third-order valence-electron chi connectivity index (χ3n) is 4.25. The number of imidazole rings is 1. The van der Waals surface area contributed by atoms with Crippen molar-refractivity contribution in [2.24, 2.45) is 0 Å². The first kappa shape index (κ1) is 18.6. The number of rotatable bonds is 6. The highest BCUT2D eigenvalue weighted by Crippen LogP contribution is 2.17. The van der Waals surface area contributed by atoms with Crippen molar-refractivity contribution in [1.82, 2.24) is 14.3 Å². The number of hydrogen-bond donors (Lipinski definition) is 1. The number of pyridine rings is 1. The zero-order chi connectivity index (χ0) is 19.4.